The van der Waals surface area contributed by atoms with E-state index in [9.17, 15) is 4.79 Å². The van der Waals surface area contributed by atoms with Crippen LogP contribution >= 0.6 is 11.6 Å². The molecule has 1 heterocycles. The van der Waals surface area contributed by atoms with Crippen molar-refractivity contribution in [1.82, 2.24) is 15.6 Å². The van der Waals surface area contributed by atoms with Gasteiger partial charge in [-0.1, -0.05) is 61.8 Å². The van der Waals surface area contributed by atoms with Crippen LogP contribution in [-0.2, 0) is 0 Å². The van der Waals surface area contributed by atoms with E-state index in [4.69, 9.17) is 11.6 Å². The first kappa shape index (κ1) is 17.9. The Morgan fingerprint density at radius 2 is 1.85 bits per heavy atom. The summed E-state index contributed by atoms with van der Waals surface area (Å²) in [4.78, 5) is 12.2. The summed E-state index contributed by atoms with van der Waals surface area (Å²) in [6.45, 7) is 4.29. The summed E-state index contributed by atoms with van der Waals surface area (Å²) in [7, 11) is 0. The van der Waals surface area contributed by atoms with Crippen LogP contribution in [-0.4, -0.2) is 22.3 Å². The van der Waals surface area contributed by atoms with Crippen LogP contribution in [0.25, 0.3) is 11.3 Å². The molecule has 6 heteroatoms. The zero-order valence-electron chi connectivity index (χ0n) is 14.5. The normalized spacial score (nSPS) is 11.2. The lowest BCUT2D eigenvalue weighted by molar-refractivity contribution is 0.0950. The second-order valence-electron chi connectivity index (χ2n) is 6.19. The minimum Gasteiger partial charge on any atom is -0.272 e. The Morgan fingerprint density at radius 3 is 2.50 bits per heavy atom. The van der Waals surface area contributed by atoms with Gasteiger partial charge in [0.1, 0.15) is 5.69 Å². The van der Waals surface area contributed by atoms with Gasteiger partial charge in [-0.25, -0.2) is 5.43 Å². The number of H-pyrrole nitrogens is 1. The number of nitrogens with one attached hydrogen (secondary N) is 2. The van der Waals surface area contributed by atoms with Gasteiger partial charge in [0.15, 0.2) is 0 Å². The molecule has 2 N–H and O–H groups in total. The molecule has 0 unspecified atom stereocenters. The third-order valence-electron chi connectivity index (χ3n) is 3.95. The first-order valence-electron chi connectivity index (χ1n) is 8.27. The Hall–Kier alpha value is -2.92. The monoisotopic (exact) mass is 366 g/mol. The molecule has 26 heavy (non-hydrogen) atoms. The van der Waals surface area contributed by atoms with Crippen molar-refractivity contribution in [3.8, 4) is 11.3 Å². The Balaban J connectivity index is 1.62. The van der Waals surface area contributed by atoms with Crippen molar-refractivity contribution in [3.63, 3.8) is 0 Å². The molecule has 0 bridgehead atoms. The summed E-state index contributed by atoms with van der Waals surface area (Å²) in [6, 6.07) is 17.0. The van der Waals surface area contributed by atoms with Gasteiger partial charge in [0.2, 0.25) is 0 Å². The molecule has 132 valence electrons. The number of aromatic amines is 1. The molecular weight excluding hydrogens is 348 g/mol. The predicted molar refractivity (Wildman–Crippen MR) is 105 cm³/mol. The quantitative estimate of drug-likeness (QED) is 0.511. The number of carbonyl (C=O) groups excluding carboxylic acids is 1. The Kier molecular flexibility index (Phi) is 5.49. The SMILES string of the molecule is CC(C)c1ccc(/C=N\NC(=O)c2cc(-c3ccc(Cl)cc3)n[nH]2)cc1. The predicted octanol–water partition coefficient (Wildman–Crippen LogP) is 4.62. The maximum Gasteiger partial charge on any atom is 0.289 e. The van der Waals surface area contributed by atoms with Gasteiger partial charge >= 0.3 is 0 Å². The van der Waals surface area contributed by atoms with E-state index in [-0.39, 0.29) is 5.91 Å². The zero-order valence-corrected chi connectivity index (χ0v) is 15.3. The average Bonchev–Trinajstić information content (AvgIpc) is 3.13. The molecule has 0 saturated heterocycles. The Bertz CT molecular complexity index is 912. The minimum absolute atomic E-state index is 0.335. The highest BCUT2D eigenvalue weighted by Gasteiger charge is 2.10. The van der Waals surface area contributed by atoms with Gasteiger partial charge in [0, 0.05) is 10.6 Å². The third-order valence-corrected chi connectivity index (χ3v) is 4.20. The molecule has 1 aromatic heterocycles. The Morgan fingerprint density at radius 1 is 1.15 bits per heavy atom. The van der Waals surface area contributed by atoms with Gasteiger partial charge in [0.25, 0.3) is 5.91 Å². The van der Waals surface area contributed by atoms with Gasteiger partial charge < -0.3 is 0 Å². The van der Waals surface area contributed by atoms with Crippen molar-refractivity contribution in [1.29, 1.82) is 0 Å². The van der Waals surface area contributed by atoms with Gasteiger partial charge in [-0.15, -0.1) is 0 Å². The number of hydrazone groups is 1. The molecule has 2 aromatic carbocycles. The highest BCUT2D eigenvalue weighted by molar-refractivity contribution is 6.30. The number of hydrogen-bond acceptors (Lipinski definition) is 3. The second-order valence-corrected chi connectivity index (χ2v) is 6.63. The van der Waals surface area contributed by atoms with Crippen LogP contribution in [0.15, 0.2) is 59.7 Å². The van der Waals surface area contributed by atoms with Crippen molar-refractivity contribution in [2.75, 3.05) is 0 Å². The zero-order chi connectivity index (χ0) is 18.5. The van der Waals surface area contributed by atoms with Gasteiger partial charge in [-0.3, -0.25) is 9.89 Å². The lowest BCUT2D eigenvalue weighted by atomic mass is 10.0. The lowest BCUT2D eigenvalue weighted by Crippen LogP contribution is -2.18. The maximum absolute atomic E-state index is 12.2. The maximum atomic E-state index is 12.2. The van der Waals surface area contributed by atoms with E-state index in [0.29, 0.717) is 22.3 Å². The molecule has 0 fully saturated rings. The summed E-state index contributed by atoms with van der Waals surface area (Å²) < 4.78 is 0. The summed E-state index contributed by atoms with van der Waals surface area (Å²) in [5, 5.41) is 11.5. The van der Waals surface area contributed by atoms with Crippen LogP contribution in [0.3, 0.4) is 0 Å². The van der Waals surface area contributed by atoms with E-state index >= 15 is 0 Å². The molecule has 0 atom stereocenters. The molecule has 0 saturated carbocycles. The summed E-state index contributed by atoms with van der Waals surface area (Å²) in [5.74, 6) is 0.128. The summed E-state index contributed by atoms with van der Waals surface area (Å²) in [5.41, 5.74) is 6.55. The number of rotatable bonds is 5. The van der Waals surface area contributed by atoms with Crippen LogP contribution < -0.4 is 5.43 Å². The highest BCUT2D eigenvalue weighted by Crippen LogP contribution is 2.20. The van der Waals surface area contributed by atoms with E-state index in [1.807, 2.05) is 24.3 Å². The van der Waals surface area contributed by atoms with E-state index in [1.165, 1.54) is 5.56 Å². The molecule has 0 spiro atoms. The van der Waals surface area contributed by atoms with Crippen LogP contribution in [0.5, 0.6) is 0 Å². The van der Waals surface area contributed by atoms with Gasteiger partial charge in [-0.05, 0) is 35.2 Å². The molecule has 0 radical (unpaired) electrons. The lowest BCUT2D eigenvalue weighted by Gasteiger charge is -2.04. The van der Waals surface area contributed by atoms with Gasteiger partial charge in [-0.2, -0.15) is 10.2 Å². The van der Waals surface area contributed by atoms with Crippen molar-refractivity contribution in [2.45, 2.75) is 19.8 Å². The van der Waals surface area contributed by atoms with E-state index in [1.54, 1.807) is 24.4 Å². The second kappa shape index (κ2) is 7.97. The van der Waals surface area contributed by atoms with Crippen LogP contribution in [0.2, 0.25) is 5.02 Å². The van der Waals surface area contributed by atoms with E-state index in [2.05, 4.69) is 46.7 Å². The first-order chi connectivity index (χ1) is 12.5. The standard InChI is InChI=1S/C20H19ClN4O/c1-13(2)15-5-3-14(4-6-15)12-22-25-20(26)19-11-18(23-24-19)16-7-9-17(21)10-8-16/h3-13H,1-2H3,(H,23,24)(H,25,26)/b22-12-. The minimum atomic E-state index is -0.354. The molecule has 1 amide bonds. The number of nitrogens with zero attached hydrogens (tertiary/aromatic N) is 2. The molecule has 3 aromatic rings. The van der Waals surface area contributed by atoms with Crippen molar-refractivity contribution in [3.05, 3.63) is 76.4 Å². The number of hydrogen-bond donors (Lipinski definition) is 2. The summed E-state index contributed by atoms with van der Waals surface area (Å²) in [6.07, 6.45) is 1.61. The number of benzene rings is 2. The topological polar surface area (TPSA) is 70.1 Å². The van der Waals surface area contributed by atoms with E-state index < -0.39 is 0 Å². The molecular formula is C20H19ClN4O. The fourth-order valence-electron chi connectivity index (χ4n) is 2.40. The molecule has 0 aliphatic carbocycles. The Labute approximate surface area is 157 Å². The largest absolute Gasteiger partial charge is 0.289 e. The molecule has 3 rings (SSSR count). The summed E-state index contributed by atoms with van der Waals surface area (Å²) >= 11 is 5.88. The van der Waals surface area contributed by atoms with Crippen molar-refractivity contribution >= 4 is 23.7 Å². The number of halogens is 1. The fraction of sp³-hybridized carbons (Fsp3) is 0.150. The van der Waals surface area contributed by atoms with Gasteiger partial charge in [0.05, 0.1) is 11.9 Å². The van der Waals surface area contributed by atoms with E-state index in [0.717, 1.165) is 11.1 Å². The molecule has 5 nitrogen and oxygen atoms in total. The highest BCUT2D eigenvalue weighted by atomic mass is 35.5. The fourth-order valence-corrected chi connectivity index (χ4v) is 2.53. The molecule has 0 aliphatic rings. The first-order valence-corrected chi connectivity index (χ1v) is 8.65. The van der Waals surface area contributed by atoms with Crippen molar-refractivity contribution in [2.24, 2.45) is 5.10 Å². The van der Waals surface area contributed by atoms with Crippen LogP contribution in [0.1, 0.15) is 41.4 Å². The van der Waals surface area contributed by atoms with Crippen LogP contribution in [0, 0.1) is 0 Å². The number of aromatic nitrogens is 2. The van der Waals surface area contributed by atoms with Crippen LogP contribution in [0.4, 0.5) is 0 Å². The third kappa shape index (κ3) is 4.37. The average molecular weight is 367 g/mol. The number of carbonyl (C=O) groups is 1. The number of amides is 1. The molecule has 0 aliphatic heterocycles. The van der Waals surface area contributed by atoms with Crippen molar-refractivity contribution < 1.29 is 4.79 Å². The smallest absolute Gasteiger partial charge is 0.272 e.